The molecule has 1 heterocycles. The standard InChI is InChI=1S/C13H20N2O2S/c1-18(16,17)13-7-9-15(11-13)10-8-14-12-5-3-2-4-6-12/h2-6,13-14H,7-11H2,1H3. The Kier molecular flexibility index (Phi) is 4.24. The first-order valence-electron chi connectivity index (χ1n) is 6.26. The van der Waals surface area contributed by atoms with Crippen LogP contribution in [-0.2, 0) is 9.84 Å². The van der Waals surface area contributed by atoms with E-state index >= 15 is 0 Å². The van der Waals surface area contributed by atoms with E-state index in [1.54, 1.807) is 0 Å². The smallest absolute Gasteiger partial charge is 0.151 e. The summed E-state index contributed by atoms with van der Waals surface area (Å²) < 4.78 is 22.9. The van der Waals surface area contributed by atoms with Gasteiger partial charge in [0.2, 0.25) is 0 Å². The van der Waals surface area contributed by atoms with Crippen LogP contribution in [0.4, 0.5) is 5.69 Å². The van der Waals surface area contributed by atoms with Gasteiger partial charge in [-0.15, -0.1) is 0 Å². The maximum atomic E-state index is 11.4. The van der Waals surface area contributed by atoms with E-state index < -0.39 is 9.84 Å². The van der Waals surface area contributed by atoms with Gasteiger partial charge in [0.15, 0.2) is 9.84 Å². The van der Waals surface area contributed by atoms with Crippen molar-refractivity contribution in [2.24, 2.45) is 0 Å². The molecule has 0 saturated carbocycles. The predicted octanol–water partition coefficient (Wildman–Crippen LogP) is 1.22. The molecular formula is C13H20N2O2S. The number of nitrogens with one attached hydrogen (secondary N) is 1. The first-order chi connectivity index (χ1) is 8.55. The average molecular weight is 268 g/mol. The Morgan fingerprint density at radius 2 is 2.06 bits per heavy atom. The lowest BCUT2D eigenvalue weighted by atomic mass is 10.3. The lowest BCUT2D eigenvalue weighted by Gasteiger charge is -2.16. The molecule has 2 rings (SSSR count). The molecule has 0 aromatic heterocycles. The van der Waals surface area contributed by atoms with E-state index in [1.807, 2.05) is 30.3 Å². The highest BCUT2D eigenvalue weighted by Crippen LogP contribution is 2.15. The maximum Gasteiger partial charge on any atom is 0.151 e. The number of sulfone groups is 1. The lowest BCUT2D eigenvalue weighted by Crippen LogP contribution is -2.30. The number of rotatable bonds is 5. The van der Waals surface area contributed by atoms with Crippen molar-refractivity contribution in [3.05, 3.63) is 30.3 Å². The SMILES string of the molecule is CS(=O)(=O)C1CCN(CCNc2ccccc2)C1. The Morgan fingerprint density at radius 3 is 2.67 bits per heavy atom. The lowest BCUT2D eigenvalue weighted by molar-refractivity contribution is 0.352. The molecule has 1 N–H and O–H groups in total. The third-order valence-electron chi connectivity index (χ3n) is 3.37. The van der Waals surface area contributed by atoms with E-state index in [0.29, 0.717) is 6.54 Å². The van der Waals surface area contributed by atoms with Crippen LogP contribution < -0.4 is 5.32 Å². The molecule has 1 aliphatic heterocycles. The van der Waals surface area contributed by atoms with E-state index in [4.69, 9.17) is 0 Å². The van der Waals surface area contributed by atoms with Gasteiger partial charge < -0.3 is 10.2 Å². The third kappa shape index (κ3) is 3.71. The molecule has 1 aliphatic rings. The molecule has 1 atom stereocenters. The van der Waals surface area contributed by atoms with E-state index in [0.717, 1.165) is 31.7 Å². The van der Waals surface area contributed by atoms with Gasteiger partial charge in [0.1, 0.15) is 0 Å². The third-order valence-corrected chi connectivity index (χ3v) is 4.96. The van der Waals surface area contributed by atoms with Crippen LogP contribution in [0.5, 0.6) is 0 Å². The Bertz CT molecular complexity index is 473. The molecule has 1 aromatic carbocycles. The molecule has 1 unspecified atom stereocenters. The summed E-state index contributed by atoms with van der Waals surface area (Å²) in [6.07, 6.45) is 2.10. The van der Waals surface area contributed by atoms with Crippen LogP contribution in [-0.4, -0.2) is 51.0 Å². The van der Waals surface area contributed by atoms with Crippen molar-refractivity contribution in [2.75, 3.05) is 37.8 Å². The predicted molar refractivity (Wildman–Crippen MR) is 74.6 cm³/mol. The van der Waals surface area contributed by atoms with Crippen LogP contribution >= 0.6 is 0 Å². The Balaban J connectivity index is 1.73. The van der Waals surface area contributed by atoms with Gasteiger partial charge in [-0.3, -0.25) is 0 Å². The Labute approximate surface area is 109 Å². The van der Waals surface area contributed by atoms with Gasteiger partial charge in [0.25, 0.3) is 0 Å². The van der Waals surface area contributed by atoms with Crippen molar-refractivity contribution >= 4 is 15.5 Å². The van der Waals surface area contributed by atoms with Gasteiger partial charge in [-0.25, -0.2) is 8.42 Å². The average Bonchev–Trinajstić information content (AvgIpc) is 2.79. The second kappa shape index (κ2) is 5.71. The molecule has 0 bridgehead atoms. The molecule has 18 heavy (non-hydrogen) atoms. The van der Waals surface area contributed by atoms with Crippen LogP contribution in [0, 0.1) is 0 Å². The minimum Gasteiger partial charge on any atom is -0.384 e. The zero-order valence-electron chi connectivity index (χ0n) is 10.7. The van der Waals surface area contributed by atoms with E-state index in [9.17, 15) is 8.42 Å². The van der Waals surface area contributed by atoms with Crippen LogP contribution in [0.3, 0.4) is 0 Å². The van der Waals surface area contributed by atoms with Gasteiger partial charge >= 0.3 is 0 Å². The molecule has 0 spiro atoms. The van der Waals surface area contributed by atoms with Gasteiger partial charge in [-0.2, -0.15) is 0 Å². The number of hydrogen-bond acceptors (Lipinski definition) is 4. The van der Waals surface area contributed by atoms with Crippen LogP contribution in [0.2, 0.25) is 0 Å². The minimum atomic E-state index is -2.87. The normalized spacial score (nSPS) is 21.1. The van der Waals surface area contributed by atoms with E-state index in [1.165, 1.54) is 6.26 Å². The van der Waals surface area contributed by atoms with Gasteiger partial charge in [0, 0.05) is 31.6 Å². The van der Waals surface area contributed by atoms with Crippen LogP contribution in [0.1, 0.15) is 6.42 Å². The topological polar surface area (TPSA) is 49.4 Å². The number of hydrogen-bond donors (Lipinski definition) is 1. The zero-order valence-corrected chi connectivity index (χ0v) is 11.5. The molecule has 0 radical (unpaired) electrons. The van der Waals surface area contributed by atoms with Crippen molar-refractivity contribution in [3.8, 4) is 0 Å². The first-order valence-corrected chi connectivity index (χ1v) is 8.21. The largest absolute Gasteiger partial charge is 0.384 e. The van der Waals surface area contributed by atoms with Crippen molar-refractivity contribution in [3.63, 3.8) is 0 Å². The second-order valence-corrected chi connectivity index (χ2v) is 7.16. The van der Waals surface area contributed by atoms with Crippen LogP contribution in [0.25, 0.3) is 0 Å². The molecule has 1 aromatic rings. The summed E-state index contributed by atoms with van der Waals surface area (Å²) in [5.74, 6) is 0. The number of para-hydroxylation sites is 1. The van der Waals surface area contributed by atoms with Crippen molar-refractivity contribution in [1.82, 2.24) is 4.90 Å². The van der Waals surface area contributed by atoms with E-state index in [2.05, 4.69) is 10.2 Å². The molecule has 100 valence electrons. The Hall–Kier alpha value is -1.07. The molecule has 0 aliphatic carbocycles. The molecule has 1 saturated heterocycles. The van der Waals surface area contributed by atoms with Crippen molar-refractivity contribution in [2.45, 2.75) is 11.7 Å². The summed E-state index contributed by atoms with van der Waals surface area (Å²) in [5, 5.41) is 3.16. The first kappa shape index (κ1) is 13.4. The molecule has 0 amide bonds. The fourth-order valence-electron chi connectivity index (χ4n) is 2.26. The maximum absolute atomic E-state index is 11.4. The minimum absolute atomic E-state index is 0.172. The molecule has 5 heteroatoms. The summed E-state index contributed by atoms with van der Waals surface area (Å²) in [4.78, 5) is 2.21. The summed E-state index contributed by atoms with van der Waals surface area (Å²) in [6.45, 7) is 3.30. The Morgan fingerprint density at radius 1 is 1.33 bits per heavy atom. The number of anilines is 1. The van der Waals surface area contributed by atoms with Crippen molar-refractivity contribution < 1.29 is 8.42 Å². The summed E-state index contributed by atoms with van der Waals surface area (Å²) in [5.41, 5.74) is 1.11. The van der Waals surface area contributed by atoms with Gasteiger partial charge in [-0.05, 0) is 25.1 Å². The monoisotopic (exact) mass is 268 g/mol. The highest BCUT2D eigenvalue weighted by Gasteiger charge is 2.29. The van der Waals surface area contributed by atoms with E-state index in [-0.39, 0.29) is 5.25 Å². The fourth-order valence-corrected chi connectivity index (χ4v) is 3.28. The number of benzene rings is 1. The van der Waals surface area contributed by atoms with Gasteiger partial charge in [-0.1, -0.05) is 18.2 Å². The molecular weight excluding hydrogens is 248 g/mol. The number of nitrogens with zero attached hydrogens (tertiary/aromatic N) is 1. The fraction of sp³-hybridized carbons (Fsp3) is 0.538. The highest BCUT2D eigenvalue weighted by atomic mass is 32.2. The quantitative estimate of drug-likeness (QED) is 0.872. The summed E-state index contributed by atoms with van der Waals surface area (Å²) in [7, 11) is -2.87. The van der Waals surface area contributed by atoms with Crippen molar-refractivity contribution in [1.29, 1.82) is 0 Å². The summed E-state index contributed by atoms with van der Waals surface area (Å²) in [6, 6.07) is 10.0. The highest BCUT2D eigenvalue weighted by molar-refractivity contribution is 7.91. The summed E-state index contributed by atoms with van der Waals surface area (Å²) >= 11 is 0. The number of likely N-dealkylation sites (tertiary alicyclic amines) is 1. The molecule has 1 fully saturated rings. The van der Waals surface area contributed by atoms with Crippen LogP contribution in [0.15, 0.2) is 30.3 Å². The van der Waals surface area contributed by atoms with Gasteiger partial charge in [0.05, 0.1) is 5.25 Å². The molecule has 4 nitrogen and oxygen atoms in total. The zero-order chi connectivity index (χ0) is 13.0. The second-order valence-electron chi connectivity index (χ2n) is 4.83.